The summed E-state index contributed by atoms with van der Waals surface area (Å²) in [6.07, 6.45) is 6.78. The zero-order valence-corrected chi connectivity index (χ0v) is 15.0. The Balaban J connectivity index is 1.92. The molecule has 2 rings (SSSR count). The minimum absolute atomic E-state index is 0.747. The molecule has 0 spiro atoms. The van der Waals surface area contributed by atoms with Crippen molar-refractivity contribution in [3.63, 3.8) is 0 Å². The van der Waals surface area contributed by atoms with Crippen LogP contribution in [0.15, 0.2) is 5.38 Å². The maximum Gasteiger partial charge on any atom is 0.0930 e. The van der Waals surface area contributed by atoms with E-state index in [1.165, 1.54) is 49.4 Å². The average molecular weight is 309 g/mol. The molecule has 21 heavy (non-hydrogen) atoms. The highest BCUT2D eigenvalue weighted by Crippen LogP contribution is 2.37. The highest BCUT2D eigenvalue weighted by Gasteiger charge is 2.30. The van der Waals surface area contributed by atoms with Crippen LogP contribution in [0.1, 0.15) is 57.2 Å². The third-order valence-electron chi connectivity index (χ3n) is 4.89. The summed E-state index contributed by atoms with van der Waals surface area (Å²) >= 11 is 1.85. The Morgan fingerprint density at radius 2 is 2.14 bits per heavy atom. The summed E-state index contributed by atoms with van der Waals surface area (Å²) in [6, 6.07) is 0. The molecular formula is C18H32N2S. The van der Waals surface area contributed by atoms with E-state index in [9.17, 15) is 0 Å². The van der Waals surface area contributed by atoms with Crippen molar-refractivity contribution in [2.45, 2.75) is 59.8 Å². The molecule has 3 heteroatoms. The molecular weight excluding hydrogens is 276 g/mol. The van der Waals surface area contributed by atoms with Crippen molar-refractivity contribution in [1.82, 2.24) is 10.3 Å². The van der Waals surface area contributed by atoms with Crippen LogP contribution >= 0.6 is 11.3 Å². The molecule has 3 atom stereocenters. The second-order valence-corrected chi connectivity index (χ2v) is 8.19. The normalized spacial score (nSPS) is 26.4. The van der Waals surface area contributed by atoms with Crippen LogP contribution in [0.2, 0.25) is 0 Å². The molecule has 1 aliphatic carbocycles. The molecule has 0 radical (unpaired) electrons. The Morgan fingerprint density at radius 3 is 2.76 bits per heavy atom. The summed E-state index contributed by atoms with van der Waals surface area (Å²) in [6.45, 7) is 11.4. The summed E-state index contributed by atoms with van der Waals surface area (Å²) in [4.78, 5) is 4.70. The molecule has 0 saturated heterocycles. The van der Waals surface area contributed by atoms with Crippen molar-refractivity contribution in [3.05, 3.63) is 16.1 Å². The molecule has 3 unspecified atom stereocenters. The highest BCUT2D eigenvalue weighted by molar-refractivity contribution is 7.09. The molecule has 0 bridgehead atoms. The minimum Gasteiger partial charge on any atom is -0.316 e. The van der Waals surface area contributed by atoms with Crippen LogP contribution < -0.4 is 5.32 Å². The molecule has 2 nitrogen and oxygen atoms in total. The van der Waals surface area contributed by atoms with E-state index in [1.807, 2.05) is 11.3 Å². The predicted molar refractivity (Wildman–Crippen MR) is 92.9 cm³/mol. The van der Waals surface area contributed by atoms with E-state index in [0.717, 1.165) is 30.2 Å². The number of nitrogens with zero attached hydrogens (tertiary/aromatic N) is 1. The van der Waals surface area contributed by atoms with Gasteiger partial charge in [0, 0.05) is 17.5 Å². The quantitative estimate of drug-likeness (QED) is 0.791. The lowest BCUT2D eigenvalue weighted by molar-refractivity contribution is 0.170. The molecule has 1 aliphatic rings. The van der Waals surface area contributed by atoms with Gasteiger partial charge in [0.1, 0.15) is 0 Å². The van der Waals surface area contributed by atoms with Crippen molar-refractivity contribution >= 4 is 11.3 Å². The first-order valence-electron chi connectivity index (χ1n) is 8.70. The molecule has 0 aliphatic heterocycles. The molecule has 1 heterocycles. The molecule has 1 aromatic heterocycles. The van der Waals surface area contributed by atoms with Crippen LogP contribution in [0.25, 0.3) is 0 Å². The van der Waals surface area contributed by atoms with Gasteiger partial charge in [-0.25, -0.2) is 4.98 Å². The fourth-order valence-electron chi connectivity index (χ4n) is 3.59. The van der Waals surface area contributed by atoms with E-state index in [1.54, 1.807) is 0 Å². The molecule has 0 amide bonds. The number of aromatic nitrogens is 1. The fourth-order valence-corrected chi connectivity index (χ4v) is 4.46. The Labute approximate surface area is 134 Å². The lowest BCUT2D eigenvalue weighted by Crippen LogP contribution is -2.35. The van der Waals surface area contributed by atoms with Gasteiger partial charge in [0.05, 0.1) is 5.01 Å². The third kappa shape index (κ3) is 5.37. The van der Waals surface area contributed by atoms with Crippen LogP contribution in [-0.4, -0.2) is 18.1 Å². The van der Waals surface area contributed by atoms with Gasteiger partial charge >= 0.3 is 0 Å². The van der Waals surface area contributed by atoms with Crippen molar-refractivity contribution in [2.75, 3.05) is 13.1 Å². The highest BCUT2D eigenvalue weighted by atomic mass is 32.1. The van der Waals surface area contributed by atoms with Crippen LogP contribution in [0.3, 0.4) is 0 Å². The van der Waals surface area contributed by atoms with Gasteiger partial charge in [-0.05, 0) is 56.5 Å². The van der Waals surface area contributed by atoms with Crippen LogP contribution in [0.4, 0.5) is 0 Å². The Bertz CT molecular complexity index is 413. The summed E-state index contributed by atoms with van der Waals surface area (Å²) in [5, 5.41) is 7.24. The third-order valence-corrected chi connectivity index (χ3v) is 5.88. The minimum atomic E-state index is 0.747. The summed E-state index contributed by atoms with van der Waals surface area (Å²) in [5.41, 5.74) is 1.19. The first-order valence-corrected chi connectivity index (χ1v) is 9.58. The number of nitrogens with one attached hydrogen (secondary N) is 1. The van der Waals surface area contributed by atoms with Gasteiger partial charge in [-0.15, -0.1) is 11.3 Å². The second kappa shape index (κ2) is 8.28. The first kappa shape index (κ1) is 17.0. The van der Waals surface area contributed by atoms with Gasteiger partial charge in [0.2, 0.25) is 0 Å². The summed E-state index contributed by atoms with van der Waals surface area (Å²) in [7, 11) is 0. The molecule has 1 aromatic rings. The number of thiazole rings is 1. The van der Waals surface area contributed by atoms with Crippen LogP contribution in [0, 0.1) is 30.6 Å². The molecule has 1 fully saturated rings. The number of hydrogen-bond acceptors (Lipinski definition) is 3. The number of rotatable bonds is 7. The zero-order chi connectivity index (χ0) is 15.2. The number of aryl methyl sites for hydroxylation is 1. The van der Waals surface area contributed by atoms with Gasteiger partial charge in [0.15, 0.2) is 0 Å². The van der Waals surface area contributed by atoms with Gasteiger partial charge in [0.25, 0.3) is 0 Å². The summed E-state index contributed by atoms with van der Waals surface area (Å²) < 4.78 is 0. The SMILES string of the molecule is CCC1CCC(CNCC(C)C)C(Cc2nc(C)cs2)C1. The van der Waals surface area contributed by atoms with Crippen LogP contribution in [-0.2, 0) is 6.42 Å². The van der Waals surface area contributed by atoms with E-state index in [4.69, 9.17) is 4.98 Å². The summed E-state index contributed by atoms with van der Waals surface area (Å²) in [5.74, 6) is 3.36. The van der Waals surface area contributed by atoms with Gasteiger partial charge in [-0.3, -0.25) is 0 Å². The molecule has 1 saturated carbocycles. The lowest BCUT2D eigenvalue weighted by atomic mass is 9.72. The van der Waals surface area contributed by atoms with Crippen molar-refractivity contribution in [2.24, 2.45) is 23.7 Å². The largest absolute Gasteiger partial charge is 0.316 e. The average Bonchev–Trinajstić information content (AvgIpc) is 2.85. The predicted octanol–water partition coefficient (Wildman–Crippen LogP) is 4.68. The molecule has 1 N–H and O–H groups in total. The standard InChI is InChI=1S/C18H32N2S/c1-5-15-6-7-16(11-19-10-13(2)3)17(8-15)9-18-20-14(4)12-21-18/h12-13,15-17,19H,5-11H2,1-4H3. The van der Waals surface area contributed by atoms with E-state index in [-0.39, 0.29) is 0 Å². The second-order valence-electron chi connectivity index (χ2n) is 7.25. The van der Waals surface area contributed by atoms with Crippen molar-refractivity contribution < 1.29 is 0 Å². The maximum atomic E-state index is 4.70. The Morgan fingerprint density at radius 1 is 1.33 bits per heavy atom. The van der Waals surface area contributed by atoms with E-state index in [2.05, 4.69) is 38.4 Å². The monoisotopic (exact) mass is 308 g/mol. The molecule has 120 valence electrons. The van der Waals surface area contributed by atoms with Gasteiger partial charge in [-0.1, -0.05) is 33.6 Å². The Hall–Kier alpha value is -0.410. The van der Waals surface area contributed by atoms with E-state index < -0.39 is 0 Å². The van der Waals surface area contributed by atoms with Crippen molar-refractivity contribution in [3.8, 4) is 0 Å². The van der Waals surface area contributed by atoms with E-state index >= 15 is 0 Å². The van der Waals surface area contributed by atoms with Crippen LogP contribution in [0.5, 0.6) is 0 Å². The Kier molecular flexibility index (Phi) is 6.69. The van der Waals surface area contributed by atoms with Gasteiger partial charge < -0.3 is 5.32 Å². The maximum absolute atomic E-state index is 4.70. The molecule has 0 aromatic carbocycles. The first-order chi connectivity index (χ1) is 10.1. The zero-order valence-electron chi connectivity index (χ0n) is 14.2. The topological polar surface area (TPSA) is 24.9 Å². The number of hydrogen-bond donors (Lipinski definition) is 1. The van der Waals surface area contributed by atoms with Gasteiger partial charge in [-0.2, -0.15) is 0 Å². The fraction of sp³-hybridized carbons (Fsp3) is 0.833. The smallest absolute Gasteiger partial charge is 0.0930 e. The lowest BCUT2D eigenvalue weighted by Gasteiger charge is -2.36. The van der Waals surface area contributed by atoms with Crippen molar-refractivity contribution in [1.29, 1.82) is 0 Å². The van der Waals surface area contributed by atoms with E-state index in [0.29, 0.717) is 0 Å².